The molecule has 1 aromatic heterocycles. The summed E-state index contributed by atoms with van der Waals surface area (Å²) < 4.78 is 51.6. The zero-order chi connectivity index (χ0) is 22.1. The smallest absolute Gasteiger partial charge is 0.251 e. The number of nitrogens with zero attached hydrogens (tertiary/aromatic N) is 2. The van der Waals surface area contributed by atoms with Gasteiger partial charge in [0.2, 0.25) is 20.0 Å². The van der Waals surface area contributed by atoms with E-state index in [0.717, 1.165) is 17.9 Å². The van der Waals surface area contributed by atoms with Crippen LogP contribution in [0.5, 0.6) is 0 Å². The second kappa shape index (κ2) is 8.11. The molecule has 8 nitrogen and oxygen atoms in total. The van der Waals surface area contributed by atoms with E-state index in [1.807, 2.05) is 6.07 Å². The number of fused-ring (bicyclic) bond motifs is 1. The van der Waals surface area contributed by atoms with Gasteiger partial charge in [0.05, 0.1) is 12.5 Å². The largest absolute Gasteiger partial charge is 0.352 e. The van der Waals surface area contributed by atoms with Crippen LogP contribution in [0.4, 0.5) is 5.82 Å². The van der Waals surface area contributed by atoms with Gasteiger partial charge in [0.15, 0.2) is 0 Å². The number of hydrogen-bond donors (Lipinski definition) is 1. The van der Waals surface area contributed by atoms with E-state index in [0.29, 0.717) is 20.4 Å². The molecule has 10 heteroatoms. The predicted molar refractivity (Wildman–Crippen MR) is 118 cm³/mol. The van der Waals surface area contributed by atoms with Crippen LogP contribution in [0, 0.1) is 0 Å². The van der Waals surface area contributed by atoms with Gasteiger partial charge in [-0.1, -0.05) is 36.4 Å². The number of benzene rings is 2. The third-order valence-electron chi connectivity index (χ3n) is 4.65. The van der Waals surface area contributed by atoms with Crippen LogP contribution >= 0.6 is 0 Å². The first kappa shape index (κ1) is 21.8. The van der Waals surface area contributed by atoms with E-state index in [9.17, 15) is 21.6 Å². The number of amides is 1. The van der Waals surface area contributed by atoms with Gasteiger partial charge in [-0.25, -0.2) is 16.8 Å². The van der Waals surface area contributed by atoms with Crippen molar-refractivity contribution in [2.75, 3.05) is 22.8 Å². The fourth-order valence-corrected chi connectivity index (χ4v) is 6.55. The molecule has 0 saturated carbocycles. The maximum absolute atomic E-state index is 12.4. The highest BCUT2D eigenvalue weighted by Gasteiger charge is 2.33. The highest BCUT2D eigenvalue weighted by Crippen LogP contribution is 2.34. The van der Waals surface area contributed by atoms with Gasteiger partial charge < -0.3 is 9.88 Å². The molecule has 0 spiro atoms. The van der Waals surface area contributed by atoms with E-state index < -0.39 is 20.0 Å². The lowest BCUT2D eigenvalue weighted by molar-refractivity contribution is 0.0954. The molecule has 160 valence electrons. The zero-order valence-electron chi connectivity index (χ0n) is 16.9. The summed E-state index contributed by atoms with van der Waals surface area (Å²) in [4.78, 5) is 12.3. The molecule has 0 saturated heterocycles. The van der Waals surface area contributed by atoms with Crippen LogP contribution in [0.3, 0.4) is 0 Å². The molecule has 0 aliphatic carbocycles. The molecular weight excluding hydrogens is 426 g/mol. The van der Waals surface area contributed by atoms with E-state index in [1.165, 1.54) is 0 Å². The van der Waals surface area contributed by atoms with Crippen LogP contribution in [-0.2, 0) is 33.5 Å². The van der Waals surface area contributed by atoms with Gasteiger partial charge in [0.25, 0.3) is 5.91 Å². The maximum atomic E-state index is 12.4. The van der Waals surface area contributed by atoms with E-state index in [4.69, 9.17) is 0 Å². The monoisotopic (exact) mass is 449 g/mol. The van der Waals surface area contributed by atoms with Crippen molar-refractivity contribution in [3.8, 4) is 0 Å². The van der Waals surface area contributed by atoms with Crippen molar-refractivity contribution in [2.24, 2.45) is 7.05 Å². The Bertz CT molecular complexity index is 1260. The average Bonchev–Trinajstić information content (AvgIpc) is 2.93. The lowest BCUT2D eigenvalue weighted by Crippen LogP contribution is -2.37. The lowest BCUT2D eigenvalue weighted by Gasteiger charge is -2.22. The van der Waals surface area contributed by atoms with Crippen LogP contribution in [0.1, 0.15) is 15.9 Å². The van der Waals surface area contributed by atoms with Crippen LogP contribution in [-0.4, -0.2) is 46.4 Å². The summed E-state index contributed by atoms with van der Waals surface area (Å²) in [5, 5.41) is 3.52. The number of carbonyl (C=O) groups excluding carboxylic acids is 1. The van der Waals surface area contributed by atoms with Crippen molar-refractivity contribution in [1.82, 2.24) is 9.88 Å². The van der Waals surface area contributed by atoms with Gasteiger partial charge in [-0.15, -0.1) is 3.71 Å². The summed E-state index contributed by atoms with van der Waals surface area (Å²) in [6, 6.07) is 15.9. The highest BCUT2D eigenvalue weighted by atomic mass is 32.3. The molecule has 0 unspecified atom stereocenters. The van der Waals surface area contributed by atoms with Crippen LogP contribution in [0.15, 0.2) is 54.6 Å². The van der Waals surface area contributed by atoms with E-state index >= 15 is 0 Å². The number of aromatic nitrogens is 1. The molecule has 1 heterocycles. The summed E-state index contributed by atoms with van der Waals surface area (Å²) in [5.74, 6) is -0.212. The van der Waals surface area contributed by atoms with E-state index in [1.54, 1.807) is 60.1 Å². The van der Waals surface area contributed by atoms with Crippen molar-refractivity contribution in [3.05, 3.63) is 65.7 Å². The number of rotatable bonds is 7. The molecule has 0 aliphatic rings. The summed E-state index contributed by atoms with van der Waals surface area (Å²) >= 11 is 0. The number of carbonyl (C=O) groups is 1. The average molecular weight is 450 g/mol. The van der Waals surface area contributed by atoms with E-state index in [2.05, 4.69) is 5.32 Å². The summed E-state index contributed by atoms with van der Waals surface area (Å²) in [5.41, 5.74) is 1.72. The van der Waals surface area contributed by atoms with Crippen molar-refractivity contribution < 1.29 is 21.6 Å². The molecule has 2 aromatic carbocycles. The molecule has 0 atom stereocenters. The standard InChI is InChI=1S/C20H23N3O5S2/c1-22-18-12-8-7-11-16(18)17(20(22)23(29(2,25)26)30(3,27)28)13-14-21-19(24)15-9-5-4-6-10-15/h4-12H,13-14H2,1-3H3,(H,21,24). The number of anilines is 1. The third-order valence-corrected chi connectivity index (χ3v) is 7.83. The predicted octanol–water partition coefficient (Wildman–Crippen LogP) is 1.88. The van der Waals surface area contributed by atoms with Crippen LogP contribution in [0.25, 0.3) is 10.9 Å². The van der Waals surface area contributed by atoms with Crippen molar-refractivity contribution in [3.63, 3.8) is 0 Å². The Hall–Kier alpha value is -2.85. The number of para-hydroxylation sites is 1. The number of aryl methyl sites for hydroxylation is 1. The van der Waals surface area contributed by atoms with Gasteiger partial charge in [0.1, 0.15) is 5.82 Å². The van der Waals surface area contributed by atoms with Gasteiger partial charge in [-0.2, -0.15) is 0 Å². The molecular formula is C20H23N3O5S2. The molecule has 0 bridgehead atoms. The summed E-state index contributed by atoms with van der Waals surface area (Å²) in [6.45, 7) is 0.204. The molecule has 0 fully saturated rings. The maximum Gasteiger partial charge on any atom is 0.251 e. The van der Waals surface area contributed by atoms with Crippen molar-refractivity contribution in [2.45, 2.75) is 6.42 Å². The van der Waals surface area contributed by atoms with Crippen LogP contribution in [0.2, 0.25) is 0 Å². The third kappa shape index (κ3) is 4.34. The Balaban J connectivity index is 2.03. The number of nitrogens with one attached hydrogen (secondary N) is 1. The minimum Gasteiger partial charge on any atom is -0.352 e. The Kier molecular flexibility index (Phi) is 5.91. The quantitative estimate of drug-likeness (QED) is 0.593. The highest BCUT2D eigenvalue weighted by molar-refractivity contribution is 8.09. The molecule has 1 amide bonds. The van der Waals surface area contributed by atoms with Gasteiger partial charge >= 0.3 is 0 Å². The number of hydrogen-bond acceptors (Lipinski definition) is 5. The summed E-state index contributed by atoms with van der Waals surface area (Å²) in [6.07, 6.45) is 1.95. The molecule has 3 rings (SSSR count). The fraction of sp³-hybridized carbons (Fsp3) is 0.250. The molecule has 3 aromatic rings. The minimum absolute atomic E-state index is 0.0511. The van der Waals surface area contributed by atoms with Crippen LogP contribution < -0.4 is 9.03 Å². The zero-order valence-corrected chi connectivity index (χ0v) is 18.5. The normalized spacial score (nSPS) is 12.1. The molecule has 30 heavy (non-hydrogen) atoms. The summed E-state index contributed by atoms with van der Waals surface area (Å²) in [7, 11) is -6.61. The second-order valence-corrected chi connectivity index (χ2v) is 10.9. The SMILES string of the molecule is Cn1c(N(S(C)(=O)=O)S(C)(=O)=O)c(CCNC(=O)c2ccccc2)c2ccccc21. The Morgan fingerprint density at radius 1 is 0.933 bits per heavy atom. The van der Waals surface area contributed by atoms with Crippen molar-refractivity contribution in [1.29, 1.82) is 0 Å². The van der Waals surface area contributed by atoms with Gasteiger partial charge in [-0.05, 0) is 24.6 Å². The Morgan fingerprint density at radius 2 is 1.50 bits per heavy atom. The van der Waals surface area contributed by atoms with Gasteiger partial charge in [0, 0.05) is 35.6 Å². The lowest BCUT2D eigenvalue weighted by atomic mass is 10.1. The molecule has 0 radical (unpaired) electrons. The second-order valence-electron chi connectivity index (χ2n) is 6.97. The Labute approximate surface area is 176 Å². The minimum atomic E-state index is -4.12. The number of sulfonamides is 2. The van der Waals surface area contributed by atoms with Crippen molar-refractivity contribution >= 4 is 42.7 Å². The first-order chi connectivity index (χ1) is 14.0. The topological polar surface area (TPSA) is 106 Å². The fourth-order valence-electron chi connectivity index (χ4n) is 3.49. The van der Waals surface area contributed by atoms with Gasteiger partial charge in [-0.3, -0.25) is 4.79 Å². The van der Waals surface area contributed by atoms with E-state index in [-0.39, 0.29) is 24.7 Å². The first-order valence-electron chi connectivity index (χ1n) is 9.12. The molecule has 1 N–H and O–H groups in total. The Morgan fingerprint density at radius 3 is 2.10 bits per heavy atom. The first-order valence-corrected chi connectivity index (χ1v) is 12.8. The molecule has 0 aliphatic heterocycles.